The Hall–Kier alpha value is -10.3. The summed E-state index contributed by atoms with van der Waals surface area (Å²) in [7, 11) is 0. The Labute approximate surface area is 423 Å². The number of nitrogens with zero attached hydrogens (tertiary/aromatic N) is 7. The second-order valence-electron chi connectivity index (χ2n) is 17.7. The summed E-state index contributed by atoms with van der Waals surface area (Å²) >= 11 is 0. The smallest absolute Gasteiger partial charge is 0.160 e. The zero-order valence-electron chi connectivity index (χ0n) is 39.5. The van der Waals surface area contributed by atoms with Crippen molar-refractivity contribution in [2.45, 2.75) is 0 Å². The maximum atomic E-state index is 9.67. The molecule has 7 nitrogen and oxygen atoms in total. The standard InChI is InChI=1S/C66H43N7/c67-44-46-15-13-17-51(39-46)63-43-62(69-66(70-63)52-18-14-16-47(40-52)45-68)50-29-27-48(28-30-50)49-31-33-57(34-32-49)73-64-37-35-58(71(53-19-5-1-6-20-53)54-21-7-2-8-22-54)41-60(64)61-42-59(36-38-65(61)73)72(55-23-9-3-10-24-55)56-25-11-4-12-26-56/h1-43H. The molecule has 0 unspecified atom stereocenters. The second-order valence-corrected chi connectivity index (χ2v) is 17.7. The van der Waals surface area contributed by atoms with Crippen LogP contribution in [0.25, 0.3) is 72.5 Å². The molecule has 12 aromatic rings. The third-order valence-electron chi connectivity index (χ3n) is 13.2. The number of aromatic nitrogens is 3. The van der Waals surface area contributed by atoms with Crippen molar-refractivity contribution in [2.24, 2.45) is 0 Å². The first-order valence-corrected chi connectivity index (χ1v) is 24.1. The number of benzene rings is 10. The summed E-state index contributed by atoms with van der Waals surface area (Å²) in [5, 5.41) is 21.6. The highest BCUT2D eigenvalue weighted by Crippen LogP contribution is 2.43. The third-order valence-corrected chi connectivity index (χ3v) is 13.2. The minimum absolute atomic E-state index is 0.499. The Balaban J connectivity index is 0.948. The summed E-state index contributed by atoms with van der Waals surface area (Å²) in [4.78, 5) is 14.6. The summed E-state index contributed by atoms with van der Waals surface area (Å²) < 4.78 is 2.37. The van der Waals surface area contributed by atoms with E-state index < -0.39 is 0 Å². The zero-order chi connectivity index (χ0) is 49.1. The molecule has 0 radical (unpaired) electrons. The van der Waals surface area contributed by atoms with Gasteiger partial charge in [-0.2, -0.15) is 10.5 Å². The van der Waals surface area contributed by atoms with Crippen molar-refractivity contribution in [3.63, 3.8) is 0 Å². The third kappa shape index (κ3) is 8.61. The highest BCUT2D eigenvalue weighted by molar-refractivity contribution is 6.12. The predicted molar refractivity (Wildman–Crippen MR) is 297 cm³/mol. The SMILES string of the molecule is N#Cc1cccc(-c2cc(-c3ccc(-c4ccc(-n5c6ccc(N(c7ccccc7)c7ccccc7)cc6c6cc(N(c7ccccc7)c7ccccc7)ccc65)cc4)cc3)nc(-c3cccc(C#N)c3)n2)c1. The lowest BCUT2D eigenvalue weighted by atomic mass is 10.0. The summed E-state index contributed by atoms with van der Waals surface area (Å²) in [6.07, 6.45) is 0. The summed E-state index contributed by atoms with van der Waals surface area (Å²) in [5.41, 5.74) is 16.8. The molecule has 12 rings (SSSR count). The fourth-order valence-electron chi connectivity index (χ4n) is 9.74. The van der Waals surface area contributed by atoms with Crippen molar-refractivity contribution in [1.29, 1.82) is 10.5 Å². The van der Waals surface area contributed by atoms with Crippen LogP contribution in [0.5, 0.6) is 0 Å². The van der Waals surface area contributed by atoms with Crippen LogP contribution in [0.15, 0.2) is 261 Å². The van der Waals surface area contributed by atoms with Crippen molar-refractivity contribution in [1.82, 2.24) is 14.5 Å². The molecule has 0 atom stereocenters. The van der Waals surface area contributed by atoms with E-state index in [0.717, 1.165) is 95.1 Å². The van der Waals surface area contributed by atoms with Crippen molar-refractivity contribution in [2.75, 3.05) is 9.80 Å². The minimum atomic E-state index is 0.499. The van der Waals surface area contributed by atoms with Crippen LogP contribution in [-0.2, 0) is 0 Å². The molecule has 2 heterocycles. The van der Waals surface area contributed by atoms with Gasteiger partial charge in [0.2, 0.25) is 0 Å². The minimum Gasteiger partial charge on any atom is -0.310 e. The lowest BCUT2D eigenvalue weighted by Crippen LogP contribution is -2.09. The van der Waals surface area contributed by atoms with E-state index in [4.69, 9.17) is 9.97 Å². The first-order chi connectivity index (χ1) is 36.1. The molecule has 0 fully saturated rings. The average Bonchev–Trinajstić information content (AvgIpc) is 3.79. The zero-order valence-corrected chi connectivity index (χ0v) is 39.5. The Morgan fingerprint density at radius 3 is 1.16 bits per heavy atom. The molecule has 0 aliphatic heterocycles. The molecule has 10 aromatic carbocycles. The van der Waals surface area contributed by atoms with Crippen LogP contribution in [-0.4, -0.2) is 14.5 Å². The van der Waals surface area contributed by atoms with Crippen molar-refractivity contribution in [3.8, 4) is 62.9 Å². The van der Waals surface area contributed by atoms with E-state index in [1.165, 1.54) is 0 Å². The van der Waals surface area contributed by atoms with Gasteiger partial charge >= 0.3 is 0 Å². The lowest BCUT2D eigenvalue weighted by Gasteiger charge is -2.26. The summed E-state index contributed by atoms with van der Waals surface area (Å²) in [6, 6.07) is 94.2. The van der Waals surface area contributed by atoms with E-state index in [1.807, 2.05) is 36.4 Å². The van der Waals surface area contributed by atoms with Gasteiger partial charge in [0.15, 0.2) is 5.82 Å². The molecular weight excluding hydrogens is 891 g/mol. The number of hydrogen-bond donors (Lipinski definition) is 0. The van der Waals surface area contributed by atoms with Crippen LogP contribution < -0.4 is 9.80 Å². The first kappa shape index (κ1) is 43.9. The summed E-state index contributed by atoms with van der Waals surface area (Å²) in [6.45, 7) is 0. The van der Waals surface area contributed by atoms with Crippen molar-refractivity contribution in [3.05, 3.63) is 272 Å². The van der Waals surface area contributed by atoms with Gasteiger partial charge in [-0.1, -0.05) is 133 Å². The molecular formula is C66H43N7. The normalized spacial score (nSPS) is 11.0. The Kier molecular flexibility index (Phi) is 11.6. The number of fused-ring (bicyclic) bond motifs is 3. The molecule has 0 spiro atoms. The van der Waals surface area contributed by atoms with E-state index >= 15 is 0 Å². The van der Waals surface area contributed by atoms with Crippen molar-refractivity contribution >= 4 is 55.9 Å². The van der Waals surface area contributed by atoms with Gasteiger partial charge in [0.25, 0.3) is 0 Å². The monoisotopic (exact) mass is 933 g/mol. The Morgan fingerprint density at radius 1 is 0.315 bits per heavy atom. The topological polar surface area (TPSA) is 84.8 Å². The van der Waals surface area contributed by atoms with Gasteiger partial charge in [0.05, 0.1) is 45.7 Å². The fraction of sp³-hybridized carbons (Fsp3) is 0. The largest absolute Gasteiger partial charge is 0.310 e. The highest BCUT2D eigenvalue weighted by Gasteiger charge is 2.21. The molecule has 0 saturated heterocycles. The molecule has 0 aliphatic carbocycles. The van der Waals surface area contributed by atoms with Crippen LogP contribution in [0.2, 0.25) is 0 Å². The number of nitriles is 2. The van der Waals surface area contributed by atoms with Crippen molar-refractivity contribution < 1.29 is 0 Å². The molecule has 0 saturated carbocycles. The first-order valence-electron chi connectivity index (χ1n) is 24.1. The van der Waals surface area contributed by atoms with Gasteiger partial charge in [0.1, 0.15) is 0 Å². The fourth-order valence-corrected chi connectivity index (χ4v) is 9.74. The molecule has 0 aliphatic rings. The molecule has 73 heavy (non-hydrogen) atoms. The van der Waals surface area contributed by atoms with E-state index in [2.05, 4.69) is 233 Å². The van der Waals surface area contributed by atoms with E-state index in [1.54, 1.807) is 18.2 Å². The van der Waals surface area contributed by atoms with Crippen LogP contribution in [0, 0.1) is 22.7 Å². The van der Waals surface area contributed by atoms with E-state index in [0.29, 0.717) is 22.6 Å². The maximum absolute atomic E-state index is 9.67. The quantitative estimate of drug-likeness (QED) is 0.128. The van der Waals surface area contributed by atoms with Gasteiger partial charge in [-0.3, -0.25) is 0 Å². The summed E-state index contributed by atoms with van der Waals surface area (Å²) in [5.74, 6) is 0.499. The number of rotatable bonds is 11. The van der Waals surface area contributed by atoms with Crippen LogP contribution in [0.4, 0.5) is 34.1 Å². The van der Waals surface area contributed by atoms with Crippen LogP contribution in [0.1, 0.15) is 11.1 Å². The molecule has 0 N–H and O–H groups in total. The van der Waals surface area contributed by atoms with Gasteiger partial charge in [-0.15, -0.1) is 0 Å². The predicted octanol–water partition coefficient (Wildman–Crippen LogP) is 16.9. The molecule has 0 bridgehead atoms. The van der Waals surface area contributed by atoms with Crippen LogP contribution in [0.3, 0.4) is 0 Å². The second kappa shape index (κ2) is 19.2. The van der Waals surface area contributed by atoms with Gasteiger partial charge < -0.3 is 14.4 Å². The average molecular weight is 934 g/mol. The molecule has 2 aromatic heterocycles. The number of anilines is 6. The Morgan fingerprint density at radius 2 is 0.712 bits per heavy atom. The van der Waals surface area contributed by atoms with Crippen LogP contribution >= 0.6 is 0 Å². The van der Waals surface area contributed by atoms with E-state index in [9.17, 15) is 10.5 Å². The lowest BCUT2D eigenvalue weighted by molar-refractivity contribution is 1.18. The highest BCUT2D eigenvalue weighted by atomic mass is 15.1. The van der Waals surface area contributed by atoms with E-state index in [-0.39, 0.29) is 0 Å². The van der Waals surface area contributed by atoms with Gasteiger partial charge in [0, 0.05) is 67.3 Å². The maximum Gasteiger partial charge on any atom is 0.160 e. The van der Waals surface area contributed by atoms with Gasteiger partial charge in [-0.25, -0.2) is 9.97 Å². The molecule has 7 heteroatoms. The Bertz CT molecular complexity index is 3730. The number of hydrogen-bond acceptors (Lipinski definition) is 6. The number of para-hydroxylation sites is 4. The van der Waals surface area contributed by atoms with Gasteiger partial charge in [-0.05, 0) is 139 Å². The molecule has 0 amide bonds. The molecule has 342 valence electrons.